The number of carboxylic acids is 1. The Morgan fingerprint density at radius 1 is 0.941 bits per heavy atom. The molecule has 4 rings (SSSR count). The van der Waals surface area contributed by atoms with Crippen LogP contribution in [0.4, 0.5) is 0 Å². The van der Waals surface area contributed by atoms with Crippen LogP contribution in [0.15, 0.2) is 0 Å². The second kappa shape index (κ2) is 10.4. The first-order valence-corrected chi connectivity index (χ1v) is 14.4. The van der Waals surface area contributed by atoms with Crippen molar-refractivity contribution in [3.8, 4) is 0 Å². The van der Waals surface area contributed by atoms with Crippen LogP contribution in [0.25, 0.3) is 0 Å². The Labute approximate surface area is 208 Å². The molecule has 0 bridgehead atoms. The van der Waals surface area contributed by atoms with Gasteiger partial charge in [-0.3, -0.25) is 4.79 Å². The zero-order chi connectivity index (χ0) is 24.7. The van der Waals surface area contributed by atoms with Crippen molar-refractivity contribution in [3.63, 3.8) is 0 Å². The van der Waals surface area contributed by atoms with Gasteiger partial charge in [-0.05, 0) is 104 Å². The first-order valence-electron chi connectivity index (χ1n) is 14.4. The summed E-state index contributed by atoms with van der Waals surface area (Å²) in [7, 11) is 0. The molecule has 5 heteroatoms. The standard InChI is InChI=1S/C29H52N2O3/c1-18(2)30-14-15-31-20-10-12-29(5)24-11-13-28(4)22(19(3)6-9-27(33)34)7-8-23(28)21(24)17-26(32)25(29)16-20/h18-26,30-32H,6-17H2,1-5H3,(H,33,34)/t19-,20?,21?,22?,23?,24?,25-,26?,28?,29?/m1/s1. The zero-order valence-electron chi connectivity index (χ0n) is 22.5. The second-order valence-electron chi connectivity index (χ2n) is 13.5. The van der Waals surface area contributed by atoms with Crippen molar-refractivity contribution in [3.05, 3.63) is 0 Å². The Hall–Kier alpha value is -0.650. The van der Waals surface area contributed by atoms with Crippen LogP contribution in [-0.4, -0.2) is 47.5 Å². The van der Waals surface area contributed by atoms with Gasteiger partial charge in [-0.25, -0.2) is 0 Å². The quantitative estimate of drug-likeness (QED) is 0.349. The average molecular weight is 477 g/mol. The molecule has 0 aromatic carbocycles. The summed E-state index contributed by atoms with van der Waals surface area (Å²) in [5.74, 6) is 2.97. The second-order valence-corrected chi connectivity index (χ2v) is 13.5. The summed E-state index contributed by atoms with van der Waals surface area (Å²) in [5, 5.41) is 28.0. The maximum Gasteiger partial charge on any atom is 0.303 e. The highest BCUT2D eigenvalue weighted by molar-refractivity contribution is 5.66. The van der Waals surface area contributed by atoms with E-state index in [1.54, 1.807) is 0 Å². The predicted octanol–water partition coefficient (Wildman–Crippen LogP) is 5.07. The maximum absolute atomic E-state index is 11.5. The Morgan fingerprint density at radius 3 is 2.35 bits per heavy atom. The van der Waals surface area contributed by atoms with Crippen LogP contribution in [-0.2, 0) is 4.79 Å². The number of nitrogens with one attached hydrogen (secondary N) is 2. The first-order chi connectivity index (χ1) is 16.1. The van der Waals surface area contributed by atoms with Crippen molar-refractivity contribution in [1.29, 1.82) is 0 Å². The van der Waals surface area contributed by atoms with Crippen molar-refractivity contribution in [2.75, 3.05) is 13.1 Å². The number of aliphatic carboxylic acids is 1. The lowest BCUT2D eigenvalue weighted by Crippen LogP contribution is -2.59. The summed E-state index contributed by atoms with van der Waals surface area (Å²) in [6.07, 6.45) is 10.6. The third kappa shape index (κ3) is 4.95. The van der Waals surface area contributed by atoms with Crippen LogP contribution in [0.3, 0.4) is 0 Å². The van der Waals surface area contributed by atoms with Crippen LogP contribution in [0.2, 0.25) is 0 Å². The Balaban J connectivity index is 1.41. The molecule has 196 valence electrons. The number of carbonyl (C=O) groups is 1. The van der Waals surface area contributed by atoms with Gasteiger partial charge in [0, 0.05) is 31.6 Å². The topological polar surface area (TPSA) is 81.6 Å². The van der Waals surface area contributed by atoms with Gasteiger partial charge in [-0.2, -0.15) is 0 Å². The van der Waals surface area contributed by atoms with Crippen LogP contribution in [0, 0.1) is 46.3 Å². The van der Waals surface area contributed by atoms with Crippen LogP contribution < -0.4 is 10.6 Å². The van der Waals surface area contributed by atoms with Crippen LogP contribution >= 0.6 is 0 Å². The summed E-state index contributed by atoms with van der Waals surface area (Å²) in [6, 6.07) is 1.07. The van der Waals surface area contributed by atoms with Gasteiger partial charge < -0.3 is 20.8 Å². The molecule has 0 saturated heterocycles. The van der Waals surface area contributed by atoms with Gasteiger partial charge in [0.25, 0.3) is 0 Å². The Morgan fingerprint density at radius 2 is 1.65 bits per heavy atom. The van der Waals surface area contributed by atoms with Crippen molar-refractivity contribution in [2.45, 2.75) is 117 Å². The molecule has 8 unspecified atom stereocenters. The van der Waals surface area contributed by atoms with Crippen molar-refractivity contribution >= 4 is 5.97 Å². The maximum atomic E-state index is 11.5. The molecule has 34 heavy (non-hydrogen) atoms. The molecule has 5 nitrogen and oxygen atoms in total. The zero-order valence-corrected chi connectivity index (χ0v) is 22.5. The fourth-order valence-corrected chi connectivity index (χ4v) is 9.65. The van der Waals surface area contributed by atoms with E-state index in [1.165, 1.54) is 38.5 Å². The van der Waals surface area contributed by atoms with Gasteiger partial charge in [-0.15, -0.1) is 0 Å². The molecule has 4 aliphatic rings. The van der Waals surface area contributed by atoms with Crippen molar-refractivity contribution < 1.29 is 15.0 Å². The van der Waals surface area contributed by atoms with Crippen LogP contribution in [0.1, 0.15) is 98.8 Å². The van der Waals surface area contributed by atoms with E-state index in [9.17, 15) is 15.0 Å². The summed E-state index contributed by atoms with van der Waals surface area (Å²) in [5.41, 5.74) is 0.592. The summed E-state index contributed by atoms with van der Waals surface area (Å²) < 4.78 is 0. The minimum absolute atomic E-state index is 0.171. The van der Waals surface area contributed by atoms with Crippen molar-refractivity contribution in [2.24, 2.45) is 46.3 Å². The van der Waals surface area contributed by atoms with Crippen LogP contribution in [0.5, 0.6) is 0 Å². The number of fused-ring (bicyclic) bond motifs is 5. The highest BCUT2D eigenvalue weighted by Crippen LogP contribution is 2.68. The van der Waals surface area contributed by atoms with Gasteiger partial charge in [0.1, 0.15) is 0 Å². The van der Waals surface area contributed by atoms with Gasteiger partial charge in [0.2, 0.25) is 0 Å². The van der Waals surface area contributed by atoms with E-state index >= 15 is 0 Å². The molecule has 0 aliphatic heterocycles. The lowest BCUT2D eigenvalue weighted by Gasteiger charge is -2.62. The minimum Gasteiger partial charge on any atom is -0.481 e. The van der Waals surface area contributed by atoms with Gasteiger partial charge in [0.15, 0.2) is 0 Å². The van der Waals surface area contributed by atoms with E-state index in [2.05, 4.69) is 45.3 Å². The number of aliphatic hydroxyl groups is 1. The van der Waals surface area contributed by atoms with E-state index in [0.717, 1.165) is 38.3 Å². The molecular weight excluding hydrogens is 424 g/mol. The lowest BCUT2D eigenvalue weighted by molar-refractivity contribution is -0.162. The van der Waals surface area contributed by atoms with Gasteiger partial charge in [0.05, 0.1) is 6.10 Å². The SMILES string of the molecule is CC(C)NCCNC1CCC2(C)C3CCC4(C)C(CCC4[C@H](C)CCC(=O)O)C3CC(O)[C@H]2C1. The number of aliphatic hydroxyl groups excluding tert-OH is 1. The Kier molecular flexibility index (Phi) is 8.06. The fourth-order valence-electron chi connectivity index (χ4n) is 9.65. The van der Waals surface area contributed by atoms with E-state index < -0.39 is 5.97 Å². The molecule has 0 aromatic rings. The van der Waals surface area contributed by atoms with E-state index in [4.69, 9.17) is 0 Å². The fraction of sp³-hybridized carbons (Fsp3) is 0.966. The molecule has 4 N–H and O–H groups in total. The number of hydrogen-bond donors (Lipinski definition) is 4. The molecule has 0 radical (unpaired) electrons. The number of hydrogen-bond acceptors (Lipinski definition) is 4. The highest BCUT2D eigenvalue weighted by atomic mass is 16.4. The smallest absolute Gasteiger partial charge is 0.303 e. The van der Waals surface area contributed by atoms with Gasteiger partial charge >= 0.3 is 5.97 Å². The summed E-state index contributed by atoms with van der Waals surface area (Å²) >= 11 is 0. The lowest BCUT2D eigenvalue weighted by atomic mass is 9.43. The number of rotatable bonds is 9. The van der Waals surface area contributed by atoms with E-state index in [0.29, 0.717) is 53.5 Å². The molecule has 0 aromatic heterocycles. The third-order valence-corrected chi connectivity index (χ3v) is 11.4. The molecule has 10 atom stereocenters. The minimum atomic E-state index is -0.661. The summed E-state index contributed by atoms with van der Waals surface area (Å²) in [6.45, 7) is 13.8. The monoisotopic (exact) mass is 476 g/mol. The predicted molar refractivity (Wildman–Crippen MR) is 138 cm³/mol. The number of carboxylic acid groups (broad SMARTS) is 1. The summed E-state index contributed by atoms with van der Waals surface area (Å²) in [4.78, 5) is 11.2. The molecular formula is C29H52N2O3. The first kappa shape index (κ1) is 26.4. The largest absolute Gasteiger partial charge is 0.481 e. The molecule has 0 heterocycles. The molecule has 4 saturated carbocycles. The Bertz CT molecular complexity index is 713. The molecule has 4 fully saturated rings. The van der Waals surface area contributed by atoms with Crippen molar-refractivity contribution in [1.82, 2.24) is 10.6 Å². The molecule has 0 spiro atoms. The third-order valence-electron chi connectivity index (χ3n) is 11.4. The molecule has 0 amide bonds. The highest BCUT2D eigenvalue weighted by Gasteiger charge is 2.62. The average Bonchev–Trinajstić information content (AvgIpc) is 3.13. The van der Waals surface area contributed by atoms with Gasteiger partial charge in [-0.1, -0.05) is 34.6 Å². The van der Waals surface area contributed by atoms with E-state index in [1.807, 2.05) is 0 Å². The molecule has 4 aliphatic carbocycles. The van der Waals surface area contributed by atoms with E-state index in [-0.39, 0.29) is 11.5 Å². The normalized spacial score (nSPS) is 44.9.